The van der Waals surface area contributed by atoms with Gasteiger partial charge in [0.2, 0.25) is 0 Å². The number of carbonyl (C=O) groups excluding carboxylic acids is 1. The van der Waals surface area contributed by atoms with Crippen molar-refractivity contribution in [3.63, 3.8) is 0 Å². The SMILES string of the molecule is C.C=CCOCCOC(=O)C(C)CC(C)S. The van der Waals surface area contributed by atoms with E-state index in [9.17, 15) is 4.79 Å². The fourth-order valence-corrected chi connectivity index (χ4v) is 1.43. The van der Waals surface area contributed by atoms with E-state index in [4.69, 9.17) is 9.47 Å². The lowest BCUT2D eigenvalue weighted by Crippen LogP contribution is -2.19. The standard InChI is InChI=1S/C11H20O3S.CH4/c1-4-5-13-6-7-14-11(12)9(2)8-10(3)15;/h4,9-10,15H,1,5-8H2,2-3H3;1H4. The molecule has 0 radical (unpaired) electrons. The summed E-state index contributed by atoms with van der Waals surface area (Å²) in [4.78, 5) is 11.4. The minimum atomic E-state index is -0.182. The molecule has 96 valence electrons. The molecule has 0 rings (SSSR count). The van der Waals surface area contributed by atoms with Crippen molar-refractivity contribution in [2.45, 2.75) is 32.9 Å². The zero-order valence-corrected chi connectivity index (χ0v) is 10.3. The molecule has 0 saturated heterocycles. The second-order valence-electron chi connectivity index (χ2n) is 3.52. The van der Waals surface area contributed by atoms with Gasteiger partial charge in [-0.25, -0.2) is 0 Å². The fraction of sp³-hybridized carbons (Fsp3) is 0.750. The van der Waals surface area contributed by atoms with Crippen LogP contribution in [0.5, 0.6) is 0 Å². The lowest BCUT2D eigenvalue weighted by atomic mass is 10.1. The first kappa shape index (κ1) is 17.9. The van der Waals surface area contributed by atoms with Gasteiger partial charge in [-0.05, 0) is 11.7 Å². The molecule has 0 aromatic heterocycles. The molecule has 16 heavy (non-hydrogen) atoms. The van der Waals surface area contributed by atoms with E-state index >= 15 is 0 Å². The van der Waals surface area contributed by atoms with Crippen LogP contribution in [0.1, 0.15) is 27.7 Å². The molecule has 2 atom stereocenters. The first-order chi connectivity index (χ1) is 7.07. The molecular weight excluding hydrogens is 224 g/mol. The topological polar surface area (TPSA) is 35.5 Å². The largest absolute Gasteiger partial charge is 0.463 e. The highest BCUT2D eigenvalue weighted by atomic mass is 32.1. The number of rotatable bonds is 8. The normalized spacial score (nSPS) is 13.4. The summed E-state index contributed by atoms with van der Waals surface area (Å²) in [5.74, 6) is -0.282. The number of thiol groups is 1. The molecule has 0 aromatic carbocycles. The van der Waals surface area contributed by atoms with Gasteiger partial charge in [0.15, 0.2) is 0 Å². The van der Waals surface area contributed by atoms with Gasteiger partial charge < -0.3 is 9.47 Å². The second-order valence-corrected chi connectivity index (χ2v) is 4.40. The van der Waals surface area contributed by atoms with E-state index in [0.717, 1.165) is 6.42 Å². The molecular formula is C12H24O3S. The Hall–Kier alpha value is -0.480. The van der Waals surface area contributed by atoms with E-state index in [1.54, 1.807) is 6.08 Å². The molecule has 0 heterocycles. The van der Waals surface area contributed by atoms with Gasteiger partial charge >= 0.3 is 5.97 Å². The van der Waals surface area contributed by atoms with Gasteiger partial charge in [-0.15, -0.1) is 6.58 Å². The summed E-state index contributed by atoms with van der Waals surface area (Å²) in [6.07, 6.45) is 2.39. The molecule has 3 nitrogen and oxygen atoms in total. The van der Waals surface area contributed by atoms with Crippen molar-refractivity contribution in [3.05, 3.63) is 12.7 Å². The Morgan fingerprint density at radius 2 is 2.06 bits per heavy atom. The Labute approximate surface area is 105 Å². The predicted octanol–water partition coefficient (Wildman–Crippen LogP) is 2.71. The summed E-state index contributed by atoms with van der Waals surface area (Å²) in [5.41, 5.74) is 0. The van der Waals surface area contributed by atoms with E-state index in [2.05, 4.69) is 19.2 Å². The van der Waals surface area contributed by atoms with E-state index < -0.39 is 0 Å². The number of esters is 1. The van der Waals surface area contributed by atoms with Crippen molar-refractivity contribution in [1.29, 1.82) is 0 Å². The van der Waals surface area contributed by atoms with Crippen molar-refractivity contribution in [1.82, 2.24) is 0 Å². The second kappa shape index (κ2) is 11.0. The molecule has 4 heteroatoms. The minimum Gasteiger partial charge on any atom is -0.463 e. The average molecular weight is 248 g/mol. The minimum absolute atomic E-state index is 0. The van der Waals surface area contributed by atoms with Crippen LogP contribution in [-0.2, 0) is 14.3 Å². The molecule has 0 aromatic rings. The number of hydrogen-bond donors (Lipinski definition) is 1. The molecule has 0 aliphatic rings. The zero-order chi connectivity index (χ0) is 11.7. The van der Waals surface area contributed by atoms with Crippen molar-refractivity contribution in [3.8, 4) is 0 Å². The highest BCUT2D eigenvalue weighted by Crippen LogP contribution is 2.11. The van der Waals surface area contributed by atoms with Crippen LogP contribution in [0.15, 0.2) is 12.7 Å². The van der Waals surface area contributed by atoms with Crippen LogP contribution in [0.4, 0.5) is 0 Å². The maximum absolute atomic E-state index is 11.4. The first-order valence-electron chi connectivity index (χ1n) is 5.11. The van der Waals surface area contributed by atoms with Crippen LogP contribution in [-0.4, -0.2) is 31.0 Å². The number of hydrogen-bond acceptors (Lipinski definition) is 4. The van der Waals surface area contributed by atoms with Crippen LogP contribution in [0, 0.1) is 5.92 Å². The fourth-order valence-electron chi connectivity index (χ4n) is 1.12. The van der Waals surface area contributed by atoms with Gasteiger partial charge in [0.1, 0.15) is 6.61 Å². The molecule has 0 fully saturated rings. The predicted molar refractivity (Wildman–Crippen MR) is 70.9 cm³/mol. The lowest BCUT2D eigenvalue weighted by molar-refractivity contribution is -0.149. The van der Waals surface area contributed by atoms with Crippen LogP contribution in [0.25, 0.3) is 0 Å². The summed E-state index contributed by atoms with van der Waals surface area (Å²) in [7, 11) is 0. The quantitative estimate of drug-likeness (QED) is 0.310. The Kier molecular flexibility index (Phi) is 12.3. The molecule has 0 amide bonds. The Balaban J connectivity index is 0. The van der Waals surface area contributed by atoms with Crippen LogP contribution in [0.2, 0.25) is 0 Å². The maximum Gasteiger partial charge on any atom is 0.308 e. The maximum atomic E-state index is 11.4. The molecule has 0 N–H and O–H groups in total. The van der Waals surface area contributed by atoms with Crippen molar-refractivity contribution in [2.75, 3.05) is 19.8 Å². The monoisotopic (exact) mass is 248 g/mol. The zero-order valence-electron chi connectivity index (χ0n) is 9.44. The summed E-state index contributed by atoms with van der Waals surface area (Å²) in [5, 5.41) is 0.213. The van der Waals surface area contributed by atoms with Crippen molar-refractivity contribution >= 4 is 18.6 Å². The summed E-state index contributed by atoms with van der Waals surface area (Å²) in [6, 6.07) is 0. The van der Waals surface area contributed by atoms with E-state index in [1.807, 2.05) is 13.8 Å². The van der Waals surface area contributed by atoms with E-state index in [1.165, 1.54) is 0 Å². The Morgan fingerprint density at radius 3 is 2.56 bits per heavy atom. The van der Waals surface area contributed by atoms with Gasteiger partial charge in [-0.2, -0.15) is 12.6 Å². The highest BCUT2D eigenvalue weighted by molar-refractivity contribution is 7.80. The van der Waals surface area contributed by atoms with Gasteiger partial charge in [0.25, 0.3) is 0 Å². The van der Waals surface area contributed by atoms with Crippen molar-refractivity contribution in [2.24, 2.45) is 5.92 Å². The van der Waals surface area contributed by atoms with E-state index in [-0.39, 0.29) is 24.6 Å². The van der Waals surface area contributed by atoms with Crippen LogP contribution >= 0.6 is 12.6 Å². The molecule has 0 saturated carbocycles. The molecule has 0 spiro atoms. The molecule has 0 bridgehead atoms. The molecule has 0 aliphatic carbocycles. The summed E-state index contributed by atoms with van der Waals surface area (Å²) < 4.78 is 10.1. The van der Waals surface area contributed by atoms with Gasteiger partial charge in [-0.1, -0.05) is 27.4 Å². The third kappa shape index (κ3) is 10.1. The summed E-state index contributed by atoms with van der Waals surface area (Å²) in [6.45, 7) is 8.53. The average Bonchev–Trinajstić information content (AvgIpc) is 2.16. The van der Waals surface area contributed by atoms with Gasteiger partial charge in [0.05, 0.1) is 19.1 Å². The lowest BCUT2D eigenvalue weighted by Gasteiger charge is -2.12. The van der Waals surface area contributed by atoms with Gasteiger partial charge in [0, 0.05) is 0 Å². The highest BCUT2D eigenvalue weighted by Gasteiger charge is 2.15. The third-order valence-electron chi connectivity index (χ3n) is 1.80. The van der Waals surface area contributed by atoms with Gasteiger partial charge in [-0.3, -0.25) is 4.79 Å². The number of carbonyl (C=O) groups is 1. The molecule has 2 unspecified atom stereocenters. The van der Waals surface area contributed by atoms with E-state index in [0.29, 0.717) is 19.8 Å². The Morgan fingerprint density at radius 1 is 1.44 bits per heavy atom. The van der Waals surface area contributed by atoms with Crippen LogP contribution in [0.3, 0.4) is 0 Å². The third-order valence-corrected chi connectivity index (χ3v) is 2.02. The first-order valence-corrected chi connectivity index (χ1v) is 5.63. The number of ether oxygens (including phenoxy) is 2. The molecule has 0 aliphatic heterocycles. The summed E-state index contributed by atoms with van der Waals surface area (Å²) >= 11 is 4.23. The van der Waals surface area contributed by atoms with Crippen LogP contribution < -0.4 is 0 Å². The Bertz CT molecular complexity index is 193. The smallest absolute Gasteiger partial charge is 0.308 e. The van der Waals surface area contributed by atoms with Crippen molar-refractivity contribution < 1.29 is 14.3 Å².